The Morgan fingerprint density at radius 2 is 2.00 bits per heavy atom. The third kappa shape index (κ3) is 2.63. The van der Waals surface area contributed by atoms with Gasteiger partial charge in [0.1, 0.15) is 5.58 Å². The van der Waals surface area contributed by atoms with Crippen LogP contribution in [0.15, 0.2) is 53.1 Å². The first-order valence-electron chi connectivity index (χ1n) is 8.02. The first-order valence-corrected chi connectivity index (χ1v) is 8.02. The first-order chi connectivity index (χ1) is 11.2. The number of hydrogen-bond acceptors (Lipinski definition) is 2. The molecule has 0 unspecified atom stereocenters. The molecule has 0 saturated heterocycles. The molecule has 1 aliphatic rings. The van der Waals surface area contributed by atoms with Crippen molar-refractivity contribution in [3.63, 3.8) is 0 Å². The molecule has 2 heterocycles. The fourth-order valence-electron chi connectivity index (χ4n) is 3.32. The first kappa shape index (κ1) is 14.1. The summed E-state index contributed by atoms with van der Waals surface area (Å²) in [6.07, 6.45) is 3.06. The molecule has 116 valence electrons. The molecule has 0 bridgehead atoms. The minimum Gasteiger partial charge on any atom is -0.464 e. The molecule has 2 aromatic carbocycles. The fraction of sp³-hybridized carbons (Fsp3) is 0.250. The highest BCUT2D eigenvalue weighted by Crippen LogP contribution is 2.24. The van der Waals surface area contributed by atoms with Crippen molar-refractivity contribution in [2.24, 2.45) is 0 Å². The molecular weight excluding hydrogens is 286 g/mol. The zero-order chi connectivity index (χ0) is 15.8. The van der Waals surface area contributed by atoms with E-state index in [1.807, 2.05) is 23.1 Å². The van der Waals surface area contributed by atoms with Crippen LogP contribution in [0.25, 0.3) is 11.0 Å². The molecular formula is C20H19NO2. The second-order valence-corrected chi connectivity index (χ2v) is 6.27. The predicted molar refractivity (Wildman–Crippen MR) is 90.2 cm³/mol. The summed E-state index contributed by atoms with van der Waals surface area (Å²) in [5, 5.41) is 1.05. The molecule has 3 nitrogen and oxygen atoms in total. The molecule has 0 fully saturated rings. The predicted octanol–water partition coefficient (Wildman–Crippen LogP) is 3.87. The number of hydrogen-bond donors (Lipinski definition) is 0. The second kappa shape index (κ2) is 5.58. The van der Waals surface area contributed by atoms with Crippen LogP contribution in [0.3, 0.4) is 0 Å². The highest BCUT2D eigenvalue weighted by atomic mass is 16.3. The number of benzene rings is 2. The number of carbonyl (C=O) groups excluding carboxylic acids is 1. The van der Waals surface area contributed by atoms with Gasteiger partial charge in [-0.25, -0.2) is 0 Å². The maximum absolute atomic E-state index is 12.7. The third-order valence-corrected chi connectivity index (χ3v) is 4.63. The summed E-state index contributed by atoms with van der Waals surface area (Å²) in [6.45, 7) is 3.56. The summed E-state index contributed by atoms with van der Waals surface area (Å²) in [5.74, 6) is 0.170. The number of nitrogens with zero attached hydrogens (tertiary/aromatic N) is 1. The summed E-state index contributed by atoms with van der Waals surface area (Å²) in [5.41, 5.74) is 5.63. The smallest absolute Gasteiger partial charge is 0.227 e. The van der Waals surface area contributed by atoms with Crippen LogP contribution in [0.1, 0.15) is 22.3 Å². The van der Waals surface area contributed by atoms with E-state index in [9.17, 15) is 4.79 Å². The molecule has 0 spiro atoms. The summed E-state index contributed by atoms with van der Waals surface area (Å²) in [6, 6.07) is 14.5. The van der Waals surface area contributed by atoms with Gasteiger partial charge in [0.15, 0.2) is 0 Å². The Bertz CT molecular complexity index is 878. The lowest BCUT2D eigenvalue weighted by Gasteiger charge is -2.28. The Hall–Kier alpha value is -2.55. The maximum atomic E-state index is 12.7. The van der Waals surface area contributed by atoms with Crippen molar-refractivity contribution >= 4 is 16.9 Å². The zero-order valence-electron chi connectivity index (χ0n) is 13.2. The summed E-state index contributed by atoms with van der Waals surface area (Å²) in [4.78, 5) is 14.6. The molecule has 0 radical (unpaired) electrons. The zero-order valence-corrected chi connectivity index (χ0v) is 13.2. The molecule has 4 rings (SSSR count). The fourth-order valence-corrected chi connectivity index (χ4v) is 3.32. The Labute approximate surface area is 135 Å². The molecule has 1 amide bonds. The van der Waals surface area contributed by atoms with Gasteiger partial charge in [0.25, 0.3) is 0 Å². The standard InChI is InChI=1S/C20H19NO2/c1-14-6-7-19-18(10-14)17(13-23-19)11-20(22)21-9-8-15-4-2-3-5-16(15)12-21/h2-7,10,13H,8-9,11-12H2,1H3. The molecule has 0 saturated carbocycles. The topological polar surface area (TPSA) is 33.5 Å². The quantitative estimate of drug-likeness (QED) is 0.720. The average Bonchev–Trinajstić information content (AvgIpc) is 2.96. The number of aryl methyl sites for hydroxylation is 1. The maximum Gasteiger partial charge on any atom is 0.227 e. The highest BCUT2D eigenvalue weighted by Gasteiger charge is 2.21. The summed E-state index contributed by atoms with van der Waals surface area (Å²) < 4.78 is 5.58. The lowest BCUT2D eigenvalue weighted by molar-refractivity contribution is -0.131. The summed E-state index contributed by atoms with van der Waals surface area (Å²) >= 11 is 0. The molecule has 0 atom stereocenters. The van der Waals surface area contributed by atoms with E-state index in [2.05, 4.69) is 31.2 Å². The van der Waals surface area contributed by atoms with E-state index < -0.39 is 0 Å². The van der Waals surface area contributed by atoms with Gasteiger partial charge in [-0.3, -0.25) is 4.79 Å². The monoisotopic (exact) mass is 305 g/mol. The number of rotatable bonds is 2. The number of amides is 1. The Kier molecular flexibility index (Phi) is 3.41. The van der Waals surface area contributed by atoms with Crippen LogP contribution >= 0.6 is 0 Å². The Morgan fingerprint density at radius 1 is 1.17 bits per heavy atom. The molecule has 23 heavy (non-hydrogen) atoms. The lowest BCUT2D eigenvalue weighted by Crippen LogP contribution is -2.36. The number of furan rings is 1. The minimum atomic E-state index is 0.170. The van der Waals surface area contributed by atoms with Crippen LogP contribution < -0.4 is 0 Å². The van der Waals surface area contributed by atoms with E-state index in [-0.39, 0.29) is 5.91 Å². The molecule has 0 N–H and O–H groups in total. The minimum absolute atomic E-state index is 0.170. The Morgan fingerprint density at radius 3 is 2.87 bits per heavy atom. The Balaban J connectivity index is 1.55. The third-order valence-electron chi connectivity index (χ3n) is 4.63. The van der Waals surface area contributed by atoms with Gasteiger partial charge < -0.3 is 9.32 Å². The molecule has 0 aliphatic carbocycles. The van der Waals surface area contributed by atoms with Crippen LogP contribution in [0.2, 0.25) is 0 Å². The van der Waals surface area contributed by atoms with Gasteiger partial charge in [-0.05, 0) is 36.6 Å². The van der Waals surface area contributed by atoms with Gasteiger partial charge in [0.05, 0.1) is 12.7 Å². The van der Waals surface area contributed by atoms with Gasteiger partial charge in [0.2, 0.25) is 5.91 Å². The van der Waals surface area contributed by atoms with Crippen LogP contribution in [-0.2, 0) is 24.2 Å². The van der Waals surface area contributed by atoms with E-state index in [0.717, 1.165) is 29.5 Å². The van der Waals surface area contributed by atoms with E-state index in [0.29, 0.717) is 13.0 Å². The number of fused-ring (bicyclic) bond motifs is 2. The van der Waals surface area contributed by atoms with Crippen LogP contribution in [0, 0.1) is 6.92 Å². The van der Waals surface area contributed by atoms with Gasteiger partial charge in [-0.1, -0.05) is 35.9 Å². The van der Waals surface area contributed by atoms with Crippen molar-refractivity contribution < 1.29 is 9.21 Å². The molecule has 1 aliphatic heterocycles. The SMILES string of the molecule is Cc1ccc2occ(CC(=O)N3CCc4ccccc4C3)c2c1. The van der Waals surface area contributed by atoms with E-state index in [1.165, 1.54) is 16.7 Å². The van der Waals surface area contributed by atoms with Gasteiger partial charge >= 0.3 is 0 Å². The molecule has 3 heteroatoms. The average molecular weight is 305 g/mol. The van der Waals surface area contributed by atoms with Crippen LogP contribution in [0.5, 0.6) is 0 Å². The second-order valence-electron chi connectivity index (χ2n) is 6.27. The normalized spacial score (nSPS) is 14.0. The van der Waals surface area contributed by atoms with Crippen molar-refractivity contribution in [3.05, 3.63) is 71.0 Å². The largest absolute Gasteiger partial charge is 0.464 e. The van der Waals surface area contributed by atoms with Crippen molar-refractivity contribution in [1.82, 2.24) is 4.90 Å². The van der Waals surface area contributed by atoms with E-state index in [4.69, 9.17) is 4.42 Å². The summed E-state index contributed by atoms with van der Waals surface area (Å²) in [7, 11) is 0. The highest BCUT2D eigenvalue weighted by molar-refractivity contribution is 5.88. The number of carbonyl (C=O) groups is 1. The van der Waals surface area contributed by atoms with Crippen molar-refractivity contribution in [2.75, 3.05) is 6.54 Å². The molecule has 3 aromatic rings. The van der Waals surface area contributed by atoms with Gasteiger partial charge in [-0.2, -0.15) is 0 Å². The van der Waals surface area contributed by atoms with E-state index >= 15 is 0 Å². The van der Waals surface area contributed by atoms with Gasteiger partial charge in [0, 0.05) is 24.0 Å². The van der Waals surface area contributed by atoms with Crippen molar-refractivity contribution in [3.8, 4) is 0 Å². The molecule has 1 aromatic heterocycles. The van der Waals surface area contributed by atoms with E-state index in [1.54, 1.807) is 6.26 Å². The van der Waals surface area contributed by atoms with Gasteiger partial charge in [-0.15, -0.1) is 0 Å². The lowest BCUT2D eigenvalue weighted by atomic mass is 9.99. The van der Waals surface area contributed by atoms with Crippen LogP contribution in [0.4, 0.5) is 0 Å². The van der Waals surface area contributed by atoms with Crippen LogP contribution in [-0.4, -0.2) is 17.4 Å². The van der Waals surface area contributed by atoms with Crippen molar-refractivity contribution in [1.29, 1.82) is 0 Å². The van der Waals surface area contributed by atoms with Crippen molar-refractivity contribution in [2.45, 2.75) is 26.3 Å².